The molecule has 2 nitrogen and oxygen atoms in total. The number of esters is 1. The van der Waals surface area contributed by atoms with Gasteiger partial charge in [0.2, 0.25) is 0 Å². The minimum Gasteiger partial charge on any atom is -0.466 e. The zero-order chi connectivity index (χ0) is 38.4. The molecule has 0 rings (SSSR count). The van der Waals surface area contributed by atoms with Crippen molar-refractivity contribution in [1.82, 2.24) is 0 Å². The molecule has 1 unspecified atom stereocenters. The maximum absolute atomic E-state index is 11.9. The van der Waals surface area contributed by atoms with Gasteiger partial charge in [-0.25, -0.2) is 0 Å². The van der Waals surface area contributed by atoms with Gasteiger partial charge >= 0.3 is 5.97 Å². The van der Waals surface area contributed by atoms with E-state index >= 15 is 0 Å². The van der Waals surface area contributed by atoms with E-state index in [2.05, 4.69) is 20.8 Å². The lowest BCUT2D eigenvalue weighted by molar-refractivity contribution is -0.143. The zero-order valence-electron chi connectivity index (χ0n) is 37.4. The minimum absolute atomic E-state index is 0.0270. The normalized spacial score (nSPS) is 12.1. The van der Waals surface area contributed by atoms with Gasteiger partial charge < -0.3 is 4.74 Å². The third kappa shape index (κ3) is 47.5. The van der Waals surface area contributed by atoms with Crippen LogP contribution in [0.2, 0.25) is 0 Å². The van der Waals surface area contributed by atoms with Crippen LogP contribution in [0.5, 0.6) is 0 Å². The van der Waals surface area contributed by atoms with Gasteiger partial charge in [-0.05, 0) is 18.8 Å². The predicted molar refractivity (Wildman–Crippen MR) is 239 cm³/mol. The highest BCUT2D eigenvalue weighted by atomic mass is 16.5. The van der Waals surface area contributed by atoms with Crippen molar-refractivity contribution in [3.05, 3.63) is 0 Å². The topological polar surface area (TPSA) is 26.3 Å². The summed E-state index contributed by atoms with van der Waals surface area (Å²) in [7, 11) is 0. The molecule has 0 heterocycles. The van der Waals surface area contributed by atoms with Gasteiger partial charge in [0.15, 0.2) is 0 Å². The van der Waals surface area contributed by atoms with E-state index in [0.29, 0.717) is 13.0 Å². The summed E-state index contributed by atoms with van der Waals surface area (Å²) in [5, 5.41) is 0. The van der Waals surface area contributed by atoms with Crippen LogP contribution >= 0.6 is 0 Å². The molecule has 0 fully saturated rings. The average Bonchev–Trinajstić information content (AvgIpc) is 3.16. The maximum Gasteiger partial charge on any atom is 0.305 e. The molecule has 2 heteroatoms. The van der Waals surface area contributed by atoms with Crippen molar-refractivity contribution in [3.63, 3.8) is 0 Å². The summed E-state index contributed by atoms with van der Waals surface area (Å²) in [4.78, 5) is 11.9. The van der Waals surface area contributed by atoms with Crippen LogP contribution in [0.1, 0.15) is 310 Å². The molecular weight excluding hydrogens is 645 g/mol. The van der Waals surface area contributed by atoms with Gasteiger partial charge in [-0.15, -0.1) is 0 Å². The minimum atomic E-state index is 0.0270. The molecule has 0 spiro atoms. The molecule has 0 radical (unpaired) electrons. The van der Waals surface area contributed by atoms with E-state index in [1.807, 2.05) is 0 Å². The Balaban J connectivity index is 3.11. The number of ether oxygens (including phenoxy) is 1. The highest BCUT2D eigenvalue weighted by molar-refractivity contribution is 5.69. The Morgan fingerprint density at radius 1 is 0.340 bits per heavy atom. The molecule has 0 aromatic carbocycles. The van der Waals surface area contributed by atoms with Crippen molar-refractivity contribution in [2.24, 2.45) is 5.92 Å². The molecule has 0 N–H and O–H groups in total. The predicted octanol–water partition coefficient (Wildman–Crippen LogP) is 18.8. The van der Waals surface area contributed by atoms with E-state index in [1.54, 1.807) is 0 Å². The molecular formula is C51H102O2. The molecule has 0 saturated carbocycles. The van der Waals surface area contributed by atoms with Crippen LogP contribution in [0.25, 0.3) is 0 Å². The van der Waals surface area contributed by atoms with Gasteiger partial charge in [0.1, 0.15) is 0 Å². The van der Waals surface area contributed by atoms with Crippen LogP contribution in [0, 0.1) is 5.92 Å². The smallest absolute Gasteiger partial charge is 0.305 e. The van der Waals surface area contributed by atoms with E-state index in [9.17, 15) is 4.79 Å². The Morgan fingerprint density at radius 2 is 0.585 bits per heavy atom. The van der Waals surface area contributed by atoms with Crippen LogP contribution in [-0.2, 0) is 9.53 Å². The Hall–Kier alpha value is -0.530. The van der Waals surface area contributed by atoms with Gasteiger partial charge in [-0.3, -0.25) is 4.79 Å². The zero-order valence-corrected chi connectivity index (χ0v) is 37.4. The average molecular weight is 747 g/mol. The van der Waals surface area contributed by atoms with E-state index in [-0.39, 0.29) is 5.97 Å². The van der Waals surface area contributed by atoms with Gasteiger partial charge in [-0.2, -0.15) is 0 Å². The molecule has 0 saturated heterocycles. The second-order valence-corrected chi connectivity index (χ2v) is 17.8. The fraction of sp³-hybridized carbons (Fsp3) is 0.980. The number of rotatable bonds is 47. The van der Waals surface area contributed by atoms with Crippen molar-refractivity contribution in [2.45, 2.75) is 310 Å². The van der Waals surface area contributed by atoms with E-state index in [1.165, 1.54) is 270 Å². The molecule has 0 aliphatic carbocycles. The lowest BCUT2D eigenvalue weighted by atomic mass is 9.99. The Labute approximate surface area is 336 Å². The van der Waals surface area contributed by atoms with E-state index in [0.717, 1.165) is 18.8 Å². The number of carbonyl (C=O) groups excluding carboxylic acids is 1. The first-order chi connectivity index (χ1) is 26.2. The van der Waals surface area contributed by atoms with Crippen LogP contribution in [0.15, 0.2) is 0 Å². The SMILES string of the molecule is CCCCCCCCCCCC(=O)OCCCCCCCCCCCCCCCCCCCCCCCCCCCCCCCCCCCC(C)CC. The third-order valence-corrected chi connectivity index (χ3v) is 12.3. The number of hydrogen-bond acceptors (Lipinski definition) is 2. The molecule has 0 amide bonds. The fourth-order valence-corrected chi connectivity index (χ4v) is 8.12. The highest BCUT2D eigenvalue weighted by Gasteiger charge is 2.03. The van der Waals surface area contributed by atoms with Crippen molar-refractivity contribution < 1.29 is 9.53 Å². The first-order valence-corrected chi connectivity index (χ1v) is 25.4. The van der Waals surface area contributed by atoms with E-state index < -0.39 is 0 Å². The van der Waals surface area contributed by atoms with Gasteiger partial charge in [0, 0.05) is 6.42 Å². The lowest BCUT2D eigenvalue weighted by Gasteiger charge is -2.07. The molecule has 0 aliphatic heterocycles. The quantitative estimate of drug-likeness (QED) is 0.0458. The number of hydrogen-bond donors (Lipinski definition) is 0. The van der Waals surface area contributed by atoms with Crippen molar-refractivity contribution in [2.75, 3.05) is 6.61 Å². The Kier molecular flexibility index (Phi) is 47.1. The summed E-state index contributed by atoms with van der Waals surface area (Å²) in [6.07, 6.45) is 62.5. The number of unbranched alkanes of at least 4 members (excludes halogenated alkanes) is 40. The summed E-state index contributed by atoms with van der Waals surface area (Å²) in [5.41, 5.74) is 0. The standard InChI is InChI=1S/C51H102O2/c1-4-6-7-8-9-35-39-42-45-48-51(52)53-49-46-43-40-37-34-32-30-28-26-24-22-20-18-16-14-12-10-11-13-15-17-19-21-23-25-27-29-31-33-36-38-41-44-47-50(3)5-2/h50H,4-49H2,1-3H3. The Bertz CT molecular complexity index is 659. The lowest BCUT2D eigenvalue weighted by Crippen LogP contribution is -2.05. The summed E-state index contributed by atoms with van der Waals surface area (Å²) < 4.78 is 5.45. The summed E-state index contributed by atoms with van der Waals surface area (Å²) in [6.45, 7) is 7.64. The monoisotopic (exact) mass is 747 g/mol. The first kappa shape index (κ1) is 52.5. The van der Waals surface area contributed by atoms with Gasteiger partial charge in [0.25, 0.3) is 0 Å². The second kappa shape index (κ2) is 47.6. The molecule has 318 valence electrons. The maximum atomic E-state index is 11.9. The summed E-state index contributed by atoms with van der Waals surface area (Å²) in [6, 6.07) is 0. The third-order valence-electron chi connectivity index (χ3n) is 12.3. The van der Waals surface area contributed by atoms with Crippen LogP contribution in [0.4, 0.5) is 0 Å². The molecule has 0 bridgehead atoms. The van der Waals surface area contributed by atoms with Crippen molar-refractivity contribution in [1.29, 1.82) is 0 Å². The van der Waals surface area contributed by atoms with Crippen LogP contribution < -0.4 is 0 Å². The van der Waals surface area contributed by atoms with Crippen LogP contribution in [0.3, 0.4) is 0 Å². The molecule has 0 aromatic heterocycles. The summed E-state index contributed by atoms with van der Waals surface area (Å²) in [5.74, 6) is 0.968. The van der Waals surface area contributed by atoms with Crippen LogP contribution in [-0.4, -0.2) is 12.6 Å². The number of carbonyl (C=O) groups is 1. The highest BCUT2D eigenvalue weighted by Crippen LogP contribution is 2.18. The second-order valence-electron chi connectivity index (χ2n) is 17.8. The van der Waals surface area contributed by atoms with Gasteiger partial charge in [0.05, 0.1) is 6.61 Å². The summed E-state index contributed by atoms with van der Waals surface area (Å²) >= 11 is 0. The fourth-order valence-electron chi connectivity index (χ4n) is 8.12. The molecule has 0 aromatic rings. The van der Waals surface area contributed by atoms with Crippen molar-refractivity contribution in [3.8, 4) is 0 Å². The Morgan fingerprint density at radius 3 is 0.868 bits per heavy atom. The molecule has 53 heavy (non-hydrogen) atoms. The van der Waals surface area contributed by atoms with Gasteiger partial charge in [-0.1, -0.05) is 290 Å². The first-order valence-electron chi connectivity index (χ1n) is 25.4. The molecule has 1 atom stereocenters. The molecule has 0 aliphatic rings. The largest absolute Gasteiger partial charge is 0.466 e. The van der Waals surface area contributed by atoms with Crippen molar-refractivity contribution >= 4 is 5.97 Å². The van der Waals surface area contributed by atoms with E-state index in [4.69, 9.17) is 4.74 Å².